The van der Waals surface area contributed by atoms with Crippen molar-refractivity contribution in [3.8, 4) is 5.75 Å². The lowest BCUT2D eigenvalue weighted by Crippen LogP contribution is -2.41. The molecule has 0 aliphatic carbocycles. The van der Waals surface area contributed by atoms with Gasteiger partial charge in [-0.2, -0.15) is 0 Å². The third-order valence-corrected chi connectivity index (χ3v) is 5.61. The van der Waals surface area contributed by atoms with E-state index in [1.807, 2.05) is 37.6 Å². The quantitative estimate of drug-likeness (QED) is 0.203. The molecule has 0 atom stereocenters. The van der Waals surface area contributed by atoms with Gasteiger partial charge in [0.05, 0.1) is 19.8 Å². The summed E-state index contributed by atoms with van der Waals surface area (Å²) < 4.78 is 13.0. The van der Waals surface area contributed by atoms with Crippen LogP contribution in [0.15, 0.2) is 29.3 Å². The Bertz CT molecular complexity index is 851. The fourth-order valence-electron chi connectivity index (χ4n) is 3.58. The Kier molecular flexibility index (Phi) is 11.9. The number of hydrogen-bond donors (Lipinski definition) is 1. The molecule has 33 heavy (non-hydrogen) atoms. The van der Waals surface area contributed by atoms with Crippen molar-refractivity contribution in [2.75, 3.05) is 53.0 Å². The second kappa shape index (κ2) is 14.4. The van der Waals surface area contributed by atoms with Crippen molar-refractivity contribution in [3.05, 3.63) is 41.5 Å². The highest BCUT2D eigenvalue weighted by Gasteiger charge is 2.12. The first-order valence-corrected chi connectivity index (χ1v) is 11.4. The number of rotatable bonds is 10. The minimum absolute atomic E-state index is 0. The molecule has 1 saturated heterocycles. The molecule has 2 aromatic rings. The summed E-state index contributed by atoms with van der Waals surface area (Å²) in [6.45, 7) is 11.5. The number of aliphatic imine (C=N–C) groups is 1. The van der Waals surface area contributed by atoms with E-state index < -0.39 is 0 Å². The van der Waals surface area contributed by atoms with Gasteiger partial charge in [-0.15, -0.1) is 34.2 Å². The number of hydrogen-bond acceptors (Lipinski definition) is 6. The number of halogens is 1. The number of ether oxygens (including phenoxy) is 2. The first-order chi connectivity index (χ1) is 15.6. The van der Waals surface area contributed by atoms with E-state index in [1.54, 1.807) is 0 Å². The van der Waals surface area contributed by atoms with Gasteiger partial charge in [0.2, 0.25) is 0 Å². The summed E-state index contributed by atoms with van der Waals surface area (Å²) in [6, 6.07) is 8.23. The van der Waals surface area contributed by atoms with E-state index in [4.69, 9.17) is 14.5 Å². The van der Waals surface area contributed by atoms with Crippen molar-refractivity contribution < 1.29 is 9.47 Å². The first kappa shape index (κ1) is 27.3. The Morgan fingerprint density at radius 2 is 1.94 bits per heavy atom. The summed E-state index contributed by atoms with van der Waals surface area (Å²) in [6.07, 6.45) is 1.05. The third-order valence-electron chi connectivity index (χ3n) is 5.61. The van der Waals surface area contributed by atoms with Crippen LogP contribution < -0.4 is 10.1 Å². The van der Waals surface area contributed by atoms with Crippen molar-refractivity contribution >= 4 is 29.9 Å². The van der Waals surface area contributed by atoms with Gasteiger partial charge in [-0.1, -0.05) is 12.1 Å². The maximum Gasteiger partial charge on any atom is 0.194 e. The molecule has 184 valence electrons. The van der Waals surface area contributed by atoms with Crippen LogP contribution in [0.5, 0.6) is 5.75 Å². The topological polar surface area (TPSA) is 80.0 Å². The molecule has 10 heteroatoms. The van der Waals surface area contributed by atoms with Crippen LogP contribution in [-0.2, 0) is 24.9 Å². The summed E-state index contributed by atoms with van der Waals surface area (Å²) in [7, 11) is 4.03. The fourth-order valence-corrected chi connectivity index (χ4v) is 3.58. The van der Waals surface area contributed by atoms with Gasteiger partial charge in [0.25, 0.3) is 0 Å². The van der Waals surface area contributed by atoms with Crippen LogP contribution in [0.2, 0.25) is 0 Å². The zero-order valence-corrected chi connectivity index (χ0v) is 22.6. The minimum atomic E-state index is 0. The summed E-state index contributed by atoms with van der Waals surface area (Å²) >= 11 is 0. The Morgan fingerprint density at radius 3 is 2.58 bits per heavy atom. The highest BCUT2D eigenvalue weighted by Crippen LogP contribution is 2.13. The third kappa shape index (κ3) is 8.74. The van der Waals surface area contributed by atoms with Crippen molar-refractivity contribution in [3.63, 3.8) is 0 Å². The summed E-state index contributed by atoms with van der Waals surface area (Å²) in [5, 5.41) is 11.9. The fraction of sp³-hybridized carbons (Fsp3) is 0.609. The summed E-state index contributed by atoms with van der Waals surface area (Å²) in [5.41, 5.74) is 1.20. The molecule has 0 radical (unpaired) electrons. The minimum Gasteiger partial charge on any atom is -0.494 e. The van der Waals surface area contributed by atoms with Crippen LogP contribution in [0.1, 0.15) is 30.6 Å². The Hall–Kier alpha value is -1.92. The molecule has 2 heterocycles. The standard InChI is InChI=1S/C23H37N7O2.HI/c1-5-32-21-9-7-20(8-10-21)18-28(3)23(25-17-22-27-26-19(2)29(22)4)24-11-6-12-30-13-15-31-16-14-30;/h7-10H,5-6,11-18H2,1-4H3,(H,24,25);1H. The van der Waals surface area contributed by atoms with E-state index in [9.17, 15) is 0 Å². The lowest BCUT2D eigenvalue weighted by atomic mass is 10.2. The molecule has 1 aliphatic rings. The molecule has 1 N–H and O–H groups in total. The van der Waals surface area contributed by atoms with Crippen LogP contribution in [0.4, 0.5) is 0 Å². The number of guanidine groups is 1. The van der Waals surface area contributed by atoms with Gasteiger partial charge >= 0.3 is 0 Å². The number of aryl methyl sites for hydroxylation is 1. The van der Waals surface area contributed by atoms with Gasteiger partial charge in [-0.25, -0.2) is 4.99 Å². The van der Waals surface area contributed by atoms with Gasteiger partial charge < -0.3 is 24.3 Å². The summed E-state index contributed by atoms with van der Waals surface area (Å²) in [4.78, 5) is 9.44. The zero-order valence-electron chi connectivity index (χ0n) is 20.3. The number of morpholine rings is 1. The van der Waals surface area contributed by atoms with E-state index in [0.717, 1.165) is 75.7 Å². The van der Waals surface area contributed by atoms with E-state index in [-0.39, 0.29) is 24.0 Å². The molecule has 0 unspecified atom stereocenters. The number of nitrogens with zero attached hydrogens (tertiary/aromatic N) is 6. The van der Waals surface area contributed by atoms with E-state index in [2.05, 4.69) is 44.5 Å². The molecule has 3 rings (SSSR count). The molecule has 1 fully saturated rings. The number of aromatic nitrogens is 3. The van der Waals surface area contributed by atoms with Crippen LogP contribution in [0.25, 0.3) is 0 Å². The highest BCUT2D eigenvalue weighted by molar-refractivity contribution is 14.0. The number of benzene rings is 1. The van der Waals surface area contributed by atoms with Gasteiger partial charge in [-0.05, 0) is 44.5 Å². The van der Waals surface area contributed by atoms with Crippen LogP contribution in [0.3, 0.4) is 0 Å². The Labute approximate surface area is 214 Å². The molecule has 0 spiro atoms. The van der Waals surface area contributed by atoms with Gasteiger partial charge in [0.1, 0.15) is 18.1 Å². The maximum atomic E-state index is 5.55. The van der Waals surface area contributed by atoms with Crippen molar-refractivity contribution in [1.82, 2.24) is 29.9 Å². The monoisotopic (exact) mass is 571 g/mol. The van der Waals surface area contributed by atoms with Gasteiger partial charge in [-0.3, -0.25) is 4.90 Å². The van der Waals surface area contributed by atoms with Crippen molar-refractivity contribution in [1.29, 1.82) is 0 Å². The smallest absolute Gasteiger partial charge is 0.194 e. The van der Waals surface area contributed by atoms with E-state index in [1.165, 1.54) is 5.56 Å². The summed E-state index contributed by atoms with van der Waals surface area (Å²) in [5.74, 6) is 3.50. The van der Waals surface area contributed by atoms with E-state index >= 15 is 0 Å². The zero-order chi connectivity index (χ0) is 22.8. The molecule has 0 amide bonds. The normalized spacial score (nSPS) is 14.6. The average molecular weight is 572 g/mol. The largest absolute Gasteiger partial charge is 0.494 e. The second-order valence-corrected chi connectivity index (χ2v) is 8.03. The van der Waals surface area contributed by atoms with Gasteiger partial charge in [0, 0.05) is 40.3 Å². The SMILES string of the molecule is CCOc1ccc(CN(C)C(=NCc2nnc(C)n2C)NCCCN2CCOCC2)cc1.I. The average Bonchev–Trinajstić information content (AvgIpc) is 3.13. The van der Waals surface area contributed by atoms with Crippen molar-refractivity contribution in [2.45, 2.75) is 33.4 Å². The molecule has 0 bridgehead atoms. The first-order valence-electron chi connectivity index (χ1n) is 11.4. The number of nitrogens with one attached hydrogen (secondary N) is 1. The highest BCUT2D eigenvalue weighted by atomic mass is 127. The van der Waals surface area contributed by atoms with E-state index in [0.29, 0.717) is 13.2 Å². The lowest BCUT2D eigenvalue weighted by Gasteiger charge is -2.27. The second-order valence-electron chi connectivity index (χ2n) is 8.03. The lowest BCUT2D eigenvalue weighted by molar-refractivity contribution is 0.0375. The molecular formula is C23H38IN7O2. The van der Waals surface area contributed by atoms with Gasteiger partial charge in [0.15, 0.2) is 11.8 Å². The Morgan fingerprint density at radius 1 is 1.21 bits per heavy atom. The van der Waals surface area contributed by atoms with Crippen LogP contribution in [0, 0.1) is 6.92 Å². The molecule has 0 saturated carbocycles. The molecular weight excluding hydrogens is 533 g/mol. The predicted molar refractivity (Wildman–Crippen MR) is 141 cm³/mol. The molecule has 1 aromatic carbocycles. The molecule has 1 aliphatic heterocycles. The molecule has 9 nitrogen and oxygen atoms in total. The van der Waals surface area contributed by atoms with Crippen LogP contribution in [-0.4, -0.2) is 83.6 Å². The van der Waals surface area contributed by atoms with Crippen molar-refractivity contribution in [2.24, 2.45) is 12.0 Å². The predicted octanol–water partition coefficient (Wildman–Crippen LogP) is 2.44. The maximum absolute atomic E-state index is 5.55. The van der Waals surface area contributed by atoms with Crippen LogP contribution >= 0.6 is 24.0 Å². The molecule has 1 aromatic heterocycles. The Balaban J connectivity index is 0.00000385.